The number of allylic oxidation sites excluding steroid dienone is 4. The van der Waals surface area contributed by atoms with Crippen LogP contribution in [0.2, 0.25) is 0 Å². The van der Waals surface area contributed by atoms with Gasteiger partial charge in [0.25, 0.3) is 0 Å². The van der Waals surface area contributed by atoms with E-state index in [2.05, 4.69) is 155 Å². The summed E-state index contributed by atoms with van der Waals surface area (Å²) in [4.78, 5) is 2.44. The van der Waals surface area contributed by atoms with Crippen molar-refractivity contribution < 1.29 is 0 Å². The van der Waals surface area contributed by atoms with Crippen LogP contribution in [-0.4, -0.2) is 10.6 Å². The van der Waals surface area contributed by atoms with E-state index in [0.717, 1.165) is 48.0 Å². The predicted octanol–water partition coefficient (Wildman–Crippen LogP) is 12.3. The fourth-order valence-electron chi connectivity index (χ4n) is 9.38. The van der Waals surface area contributed by atoms with Gasteiger partial charge in [0.1, 0.15) is 0 Å². The number of hydrogen-bond donors (Lipinski definition) is 0. The summed E-state index contributed by atoms with van der Waals surface area (Å²) in [6.45, 7) is 0. The van der Waals surface area contributed by atoms with E-state index in [1.807, 2.05) is 24.3 Å². The van der Waals surface area contributed by atoms with Crippen molar-refractivity contribution in [1.82, 2.24) is 4.57 Å². The Kier molecular flexibility index (Phi) is 7.64. The Bertz CT molecular complexity index is 2800. The molecule has 2 unspecified atom stereocenters. The topological polar surface area (TPSA) is 55.8 Å². The summed E-state index contributed by atoms with van der Waals surface area (Å²) in [7, 11) is 0. The molecule has 0 saturated heterocycles. The molecule has 4 heteroatoms. The minimum absolute atomic E-state index is 0.108. The quantitative estimate of drug-likeness (QED) is 0.180. The fraction of sp³-hybridized carbons (Fsp3) is 0.120. The van der Waals surface area contributed by atoms with E-state index in [0.29, 0.717) is 11.1 Å². The molecule has 2 heterocycles. The Balaban J connectivity index is 1.16. The number of nitriles is 2. The van der Waals surface area contributed by atoms with Crippen molar-refractivity contribution in [1.29, 1.82) is 10.5 Å². The lowest BCUT2D eigenvalue weighted by atomic mass is 9.76. The van der Waals surface area contributed by atoms with E-state index in [-0.39, 0.29) is 12.0 Å². The molecule has 6 aromatic carbocycles. The van der Waals surface area contributed by atoms with Crippen LogP contribution in [0.15, 0.2) is 158 Å². The van der Waals surface area contributed by atoms with Crippen LogP contribution in [0.4, 0.5) is 11.4 Å². The number of nitrogens with zero attached hydrogens (tertiary/aromatic N) is 4. The third-order valence-electron chi connectivity index (χ3n) is 11.7. The van der Waals surface area contributed by atoms with Gasteiger partial charge in [-0.15, -0.1) is 0 Å². The molecule has 2 atom stereocenters. The highest BCUT2D eigenvalue weighted by Crippen LogP contribution is 2.54. The first-order valence-corrected chi connectivity index (χ1v) is 18.8. The van der Waals surface area contributed by atoms with E-state index in [1.165, 1.54) is 55.6 Å². The highest BCUT2D eigenvalue weighted by atomic mass is 15.2. The van der Waals surface area contributed by atoms with Gasteiger partial charge in [0.2, 0.25) is 0 Å². The summed E-state index contributed by atoms with van der Waals surface area (Å²) in [6, 6.07) is 54.1. The number of aromatic nitrogens is 1. The van der Waals surface area contributed by atoms with Gasteiger partial charge in [-0.3, -0.25) is 0 Å². The molecule has 0 amide bonds. The maximum absolute atomic E-state index is 9.86. The Labute approximate surface area is 315 Å². The molecule has 10 rings (SSSR count). The number of anilines is 2. The fourth-order valence-corrected chi connectivity index (χ4v) is 9.38. The van der Waals surface area contributed by atoms with Crippen LogP contribution in [-0.2, 0) is 0 Å². The SMILES string of the molecule is N#Cc1ccc(N2c3ccccc3C3C(c4ccccc4C4=C(c5cccc6c7cc(C#N)ccc7n(-c7ccccc7)c56)CCCC4)=CC=CC32)cc1. The molecule has 7 aromatic rings. The molecule has 3 aliphatic rings. The summed E-state index contributed by atoms with van der Waals surface area (Å²) in [6.07, 6.45) is 11.2. The second-order valence-electron chi connectivity index (χ2n) is 14.5. The smallest absolute Gasteiger partial charge is 0.0991 e. The molecule has 54 heavy (non-hydrogen) atoms. The number of hydrogen-bond acceptors (Lipinski definition) is 3. The lowest BCUT2D eigenvalue weighted by Gasteiger charge is -2.32. The van der Waals surface area contributed by atoms with Gasteiger partial charge in [-0.25, -0.2) is 0 Å². The van der Waals surface area contributed by atoms with Crippen molar-refractivity contribution >= 4 is 49.9 Å². The third-order valence-corrected chi connectivity index (χ3v) is 11.7. The molecular formula is C50H36N4. The third kappa shape index (κ3) is 4.96. The molecule has 0 N–H and O–H groups in total. The minimum atomic E-state index is 0.108. The monoisotopic (exact) mass is 692 g/mol. The summed E-state index contributed by atoms with van der Waals surface area (Å²) in [5.74, 6) is 0.147. The van der Waals surface area contributed by atoms with Gasteiger partial charge in [-0.1, -0.05) is 97.1 Å². The van der Waals surface area contributed by atoms with Crippen molar-refractivity contribution in [3.63, 3.8) is 0 Å². The molecule has 0 saturated carbocycles. The van der Waals surface area contributed by atoms with Gasteiger partial charge in [-0.2, -0.15) is 10.5 Å². The molecule has 1 aromatic heterocycles. The molecule has 4 nitrogen and oxygen atoms in total. The number of benzene rings is 6. The number of fused-ring (bicyclic) bond motifs is 6. The zero-order valence-corrected chi connectivity index (χ0v) is 29.8. The molecule has 2 aliphatic carbocycles. The summed E-state index contributed by atoms with van der Waals surface area (Å²) < 4.78 is 2.40. The standard InChI is InChI=1S/C50H36N4/c51-31-33-24-27-36(28-25-33)53-46-22-9-8-18-44(46)49-41(19-11-23-48(49)53)39-16-6-4-14-37(39)38-15-5-7-17-40(38)42-20-10-21-43-45-30-34(32-52)26-29-47(45)54(50(42)43)35-12-2-1-3-13-35/h1-4,6,8-14,16,18-30,48-49H,5,7,15,17H2. The average molecular weight is 693 g/mol. The lowest BCUT2D eigenvalue weighted by molar-refractivity contribution is 0.750. The first-order chi connectivity index (χ1) is 26.7. The Morgan fingerprint density at radius 2 is 1.26 bits per heavy atom. The van der Waals surface area contributed by atoms with Crippen molar-refractivity contribution in [3.8, 4) is 17.8 Å². The van der Waals surface area contributed by atoms with Crippen molar-refractivity contribution in [2.45, 2.75) is 37.6 Å². The minimum Gasteiger partial charge on any atom is -0.333 e. The van der Waals surface area contributed by atoms with Crippen LogP contribution in [0.25, 0.3) is 44.2 Å². The first kappa shape index (κ1) is 31.8. The first-order valence-electron chi connectivity index (χ1n) is 18.8. The van der Waals surface area contributed by atoms with Gasteiger partial charge in [0.15, 0.2) is 0 Å². The predicted molar refractivity (Wildman–Crippen MR) is 221 cm³/mol. The van der Waals surface area contributed by atoms with Crippen LogP contribution in [0.1, 0.15) is 65.0 Å². The molecular weight excluding hydrogens is 657 g/mol. The second-order valence-corrected chi connectivity index (χ2v) is 14.5. The van der Waals surface area contributed by atoms with Crippen molar-refractivity contribution in [3.05, 3.63) is 191 Å². The van der Waals surface area contributed by atoms with E-state index in [1.54, 1.807) is 0 Å². The molecule has 0 spiro atoms. The summed E-state index contributed by atoms with van der Waals surface area (Å²) >= 11 is 0. The van der Waals surface area contributed by atoms with E-state index < -0.39 is 0 Å². The van der Waals surface area contributed by atoms with Gasteiger partial charge in [-0.05, 0) is 120 Å². The van der Waals surface area contributed by atoms with Crippen LogP contribution in [0.5, 0.6) is 0 Å². The molecule has 0 radical (unpaired) electrons. The molecule has 1 aliphatic heterocycles. The van der Waals surface area contributed by atoms with Gasteiger partial charge in [0, 0.05) is 39.3 Å². The highest BCUT2D eigenvalue weighted by Gasteiger charge is 2.41. The summed E-state index contributed by atoms with van der Waals surface area (Å²) in [5, 5.41) is 21.6. The largest absolute Gasteiger partial charge is 0.333 e. The zero-order chi connectivity index (χ0) is 36.2. The van der Waals surface area contributed by atoms with Crippen LogP contribution in [0, 0.1) is 22.7 Å². The van der Waals surface area contributed by atoms with Crippen molar-refractivity contribution in [2.24, 2.45) is 0 Å². The second kappa shape index (κ2) is 13.0. The van der Waals surface area contributed by atoms with Crippen LogP contribution in [0.3, 0.4) is 0 Å². The van der Waals surface area contributed by atoms with Gasteiger partial charge < -0.3 is 9.47 Å². The van der Waals surface area contributed by atoms with Crippen LogP contribution < -0.4 is 4.90 Å². The highest BCUT2D eigenvalue weighted by molar-refractivity contribution is 6.14. The van der Waals surface area contributed by atoms with Crippen molar-refractivity contribution in [2.75, 3.05) is 4.90 Å². The Hall–Kier alpha value is -6.88. The number of para-hydroxylation sites is 3. The molecule has 256 valence electrons. The average Bonchev–Trinajstić information content (AvgIpc) is 3.77. The Morgan fingerprint density at radius 3 is 2.06 bits per heavy atom. The van der Waals surface area contributed by atoms with E-state index in [9.17, 15) is 10.5 Å². The van der Waals surface area contributed by atoms with Crippen LogP contribution >= 0.6 is 0 Å². The lowest BCUT2D eigenvalue weighted by Crippen LogP contribution is -2.30. The van der Waals surface area contributed by atoms with Gasteiger partial charge in [0.05, 0.1) is 40.3 Å². The maximum atomic E-state index is 9.86. The normalized spacial score (nSPS) is 17.6. The molecule has 0 fully saturated rings. The summed E-state index contributed by atoms with van der Waals surface area (Å²) in [5.41, 5.74) is 16.4. The van der Waals surface area contributed by atoms with E-state index >= 15 is 0 Å². The van der Waals surface area contributed by atoms with E-state index in [4.69, 9.17) is 0 Å². The maximum Gasteiger partial charge on any atom is 0.0991 e. The van der Waals surface area contributed by atoms with Gasteiger partial charge >= 0.3 is 0 Å². The Morgan fingerprint density at radius 1 is 0.574 bits per heavy atom. The zero-order valence-electron chi connectivity index (χ0n) is 29.8. The number of rotatable bonds is 5. The molecule has 0 bridgehead atoms.